The van der Waals surface area contributed by atoms with Crippen LogP contribution in [0, 0.1) is 6.92 Å². The van der Waals surface area contributed by atoms with Crippen molar-refractivity contribution in [2.24, 2.45) is 0 Å². The lowest BCUT2D eigenvalue weighted by molar-refractivity contribution is 0.112. The van der Waals surface area contributed by atoms with Gasteiger partial charge >= 0.3 is 0 Å². The summed E-state index contributed by atoms with van der Waals surface area (Å²) in [5, 5.41) is 0. The number of carbonyl (C=O) groups is 1. The van der Waals surface area contributed by atoms with Crippen LogP contribution in [0.3, 0.4) is 0 Å². The Morgan fingerprint density at radius 1 is 1.11 bits per heavy atom. The Kier molecular flexibility index (Phi) is 2.45. The Balaban J connectivity index is 2.13. The highest BCUT2D eigenvalue weighted by molar-refractivity contribution is 5.80. The summed E-state index contributed by atoms with van der Waals surface area (Å²) in [6.45, 7) is 2.00. The fourth-order valence-electron chi connectivity index (χ4n) is 1.91. The monoisotopic (exact) mass is 237 g/mol. The Bertz CT molecular complexity index is 711. The molecule has 0 saturated carbocycles. The van der Waals surface area contributed by atoms with E-state index in [1.54, 1.807) is 12.1 Å². The number of oxazole rings is 1. The van der Waals surface area contributed by atoms with Crippen LogP contribution in [0.1, 0.15) is 15.9 Å². The lowest BCUT2D eigenvalue weighted by Crippen LogP contribution is -1.81. The number of carbonyl (C=O) groups excluding carboxylic acids is 1. The predicted molar refractivity (Wildman–Crippen MR) is 69.6 cm³/mol. The minimum atomic E-state index is 0.580. The molecule has 1 heterocycles. The maximum absolute atomic E-state index is 10.6. The normalized spacial score (nSPS) is 10.7. The summed E-state index contributed by atoms with van der Waals surface area (Å²) in [5.74, 6) is 0.580. The van der Waals surface area contributed by atoms with Gasteiger partial charge in [-0.2, -0.15) is 0 Å². The minimum absolute atomic E-state index is 0.580. The van der Waals surface area contributed by atoms with Crippen LogP contribution in [0.4, 0.5) is 0 Å². The standard InChI is InChI=1S/C15H11NO2/c1-10-3-2-4-13-14(10)16-15(18-13)12-7-5-11(9-17)6-8-12/h2-9H,1H3. The maximum atomic E-state index is 10.6. The summed E-state index contributed by atoms with van der Waals surface area (Å²) >= 11 is 0. The van der Waals surface area contributed by atoms with Gasteiger partial charge in [0.15, 0.2) is 5.58 Å². The Morgan fingerprint density at radius 3 is 2.56 bits per heavy atom. The van der Waals surface area contributed by atoms with E-state index in [1.807, 2.05) is 37.3 Å². The Hall–Kier alpha value is -2.42. The molecule has 0 bridgehead atoms. The molecule has 0 aliphatic carbocycles. The molecule has 0 radical (unpaired) electrons. The van der Waals surface area contributed by atoms with Crippen LogP contribution in [0.25, 0.3) is 22.6 Å². The van der Waals surface area contributed by atoms with Crippen LogP contribution in [-0.2, 0) is 0 Å². The Labute approximate surface area is 104 Å². The minimum Gasteiger partial charge on any atom is -0.436 e. The number of hydrogen-bond acceptors (Lipinski definition) is 3. The molecule has 0 amide bonds. The summed E-state index contributed by atoms with van der Waals surface area (Å²) in [4.78, 5) is 15.1. The molecule has 0 aliphatic rings. The number of benzene rings is 2. The molecule has 3 aromatic rings. The molecule has 2 aromatic carbocycles. The van der Waals surface area contributed by atoms with Crippen LogP contribution in [0.2, 0.25) is 0 Å². The second-order valence-electron chi connectivity index (χ2n) is 4.18. The van der Waals surface area contributed by atoms with Crippen molar-refractivity contribution in [3.63, 3.8) is 0 Å². The molecule has 0 spiro atoms. The van der Waals surface area contributed by atoms with Gasteiger partial charge in [-0.05, 0) is 30.7 Å². The van der Waals surface area contributed by atoms with Gasteiger partial charge in [0.1, 0.15) is 11.8 Å². The van der Waals surface area contributed by atoms with Gasteiger partial charge in [-0.1, -0.05) is 24.3 Å². The molecule has 88 valence electrons. The number of aldehydes is 1. The van der Waals surface area contributed by atoms with Crippen molar-refractivity contribution in [1.29, 1.82) is 0 Å². The fraction of sp³-hybridized carbons (Fsp3) is 0.0667. The average Bonchev–Trinajstić information content (AvgIpc) is 2.84. The first kappa shape index (κ1) is 10.7. The highest BCUT2D eigenvalue weighted by Crippen LogP contribution is 2.25. The van der Waals surface area contributed by atoms with Crippen molar-refractivity contribution >= 4 is 17.4 Å². The van der Waals surface area contributed by atoms with Gasteiger partial charge < -0.3 is 4.42 Å². The molecular formula is C15H11NO2. The lowest BCUT2D eigenvalue weighted by atomic mass is 10.1. The van der Waals surface area contributed by atoms with Crippen molar-refractivity contribution in [3.8, 4) is 11.5 Å². The third kappa shape index (κ3) is 1.70. The molecule has 0 N–H and O–H groups in total. The zero-order chi connectivity index (χ0) is 12.5. The largest absolute Gasteiger partial charge is 0.436 e. The summed E-state index contributed by atoms with van der Waals surface area (Å²) in [6.07, 6.45) is 0.819. The van der Waals surface area contributed by atoms with E-state index in [4.69, 9.17) is 4.42 Å². The number of nitrogens with zero attached hydrogens (tertiary/aromatic N) is 1. The molecular weight excluding hydrogens is 226 g/mol. The molecule has 0 aliphatic heterocycles. The topological polar surface area (TPSA) is 43.1 Å². The smallest absolute Gasteiger partial charge is 0.227 e. The van der Waals surface area contributed by atoms with Gasteiger partial charge in [0, 0.05) is 11.1 Å². The zero-order valence-corrected chi connectivity index (χ0v) is 9.88. The quantitative estimate of drug-likeness (QED) is 0.639. The summed E-state index contributed by atoms with van der Waals surface area (Å²) in [6, 6.07) is 13.0. The van der Waals surface area contributed by atoms with Crippen molar-refractivity contribution in [1.82, 2.24) is 4.98 Å². The van der Waals surface area contributed by atoms with Crippen molar-refractivity contribution in [3.05, 3.63) is 53.6 Å². The molecule has 0 atom stereocenters. The summed E-state index contributed by atoms with van der Waals surface area (Å²) in [7, 11) is 0. The average molecular weight is 237 g/mol. The Morgan fingerprint density at radius 2 is 1.89 bits per heavy atom. The molecule has 0 fully saturated rings. The first-order chi connectivity index (χ1) is 8.78. The number of aryl methyl sites for hydroxylation is 1. The van der Waals surface area contributed by atoms with Gasteiger partial charge in [0.05, 0.1) is 0 Å². The molecule has 3 heteroatoms. The van der Waals surface area contributed by atoms with E-state index in [2.05, 4.69) is 4.98 Å². The van der Waals surface area contributed by atoms with E-state index in [9.17, 15) is 4.79 Å². The van der Waals surface area contributed by atoms with Crippen LogP contribution >= 0.6 is 0 Å². The number of fused-ring (bicyclic) bond motifs is 1. The molecule has 0 unspecified atom stereocenters. The highest BCUT2D eigenvalue weighted by atomic mass is 16.3. The molecule has 1 aromatic heterocycles. The molecule has 18 heavy (non-hydrogen) atoms. The first-order valence-corrected chi connectivity index (χ1v) is 5.70. The van der Waals surface area contributed by atoms with Gasteiger partial charge in [0.2, 0.25) is 5.89 Å². The van der Waals surface area contributed by atoms with Crippen LogP contribution in [0.5, 0.6) is 0 Å². The zero-order valence-electron chi connectivity index (χ0n) is 9.88. The predicted octanol–water partition coefficient (Wildman–Crippen LogP) is 3.62. The van der Waals surface area contributed by atoms with Gasteiger partial charge in [-0.15, -0.1) is 0 Å². The third-order valence-corrected chi connectivity index (χ3v) is 2.91. The van der Waals surface area contributed by atoms with Crippen molar-refractivity contribution in [2.75, 3.05) is 0 Å². The highest BCUT2D eigenvalue weighted by Gasteiger charge is 2.09. The van der Waals surface area contributed by atoms with E-state index in [-0.39, 0.29) is 0 Å². The third-order valence-electron chi connectivity index (χ3n) is 2.91. The number of rotatable bonds is 2. The molecule has 0 saturated heterocycles. The van der Waals surface area contributed by atoms with Crippen molar-refractivity contribution in [2.45, 2.75) is 6.92 Å². The van der Waals surface area contributed by atoms with Crippen LogP contribution < -0.4 is 0 Å². The number of hydrogen-bond donors (Lipinski definition) is 0. The van der Waals surface area contributed by atoms with Gasteiger partial charge in [-0.25, -0.2) is 4.98 Å². The summed E-state index contributed by atoms with van der Waals surface area (Å²) in [5.41, 5.74) is 4.27. The second kappa shape index (κ2) is 4.11. The maximum Gasteiger partial charge on any atom is 0.227 e. The van der Waals surface area contributed by atoms with Gasteiger partial charge in [0.25, 0.3) is 0 Å². The number of para-hydroxylation sites is 1. The van der Waals surface area contributed by atoms with Crippen LogP contribution in [0.15, 0.2) is 46.9 Å². The van der Waals surface area contributed by atoms with E-state index >= 15 is 0 Å². The number of aromatic nitrogens is 1. The molecule has 3 rings (SSSR count). The second-order valence-corrected chi connectivity index (χ2v) is 4.18. The van der Waals surface area contributed by atoms with E-state index in [1.165, 1.54) is 0 Å². The first-order valence-electron chi connectivity index (χ1n) is 5.70. The van der Waals surface area contributed by atoms with Crippen molar-refractivity contribution < 1.29 is 9.21 Å². The molecule has 3 nitrogen and oxygen atoms in total. The van der Waals surface area contributed by atoms with E-state index < -0.39 is 0 Å². The SMILES string of the molecule is Cc1cccc2oc(-c3ccc(C=O)cc3)nc12. The fourth-order valence-corrected chi connectivity index (χ4v) is 1.91. The van der Waals surface area contributed by atoms with E-state index in [0.29, 0.717) is 11.5 Å². The van der Waals surface area contributed by atoms with E-state index in [0.717, 1.165) is 28.5 Å². The van der Waals surface area contributed by atoms with Crippen LogP contribution in [-0.4, -0.2) is 11.3 Å². The lowest BCUT2D eigenvalue weighted by Gasteiger charge is -1.94. The van der Waals surface area contributed by atoms with Gasteiger partial charge in [-0.3, -0.25) is 4.79 Å². The summed E-state index contributed by atoms with van der Waals surface area (Å²) < 4.78 is 5.71.